The SMILES string of the molecule is C#CCOc1ccccc1-c1ncc(Cl)cn1. The van der Waals surface area contributed by atoms with Gasteiger partial charge in [0.2, 0.25) is 0 Å². The van der Waals surface area contributed by atoms with Crippen molar-refractivity contribution in [2.75, 3.05) is 6.61 Å². The van der Waals surface area contributed by atoms with Crippen LogP contribution in [0.3, 0.4) is 0 Å². The Morgan fingerprint density at radius 3 is 2.65 bits per heavy atom. The highest BCUT2D eigenvalue weighted by atomic mass is 35.5. The molecule has 0 amide bonds. The standard InChI is InChI=1S/C13H9ClN2O/c1-2-7-17-12-6-4-3-5-11(12)13-15-8-10(14)9-16-13/h1,3-6,8-9H,7H2. The lowest BCUT2D eigenvalue weighted by molar-refractivity contribution is 0.371. The van der Waals surface area contributed by atoms with E-state index in [9.17, 15) is 0 Å². The summed E-state index contributed by atoms with van der Waals surface area (Å²) in [7, 11) is 0. The van der Waals surface area contributed by atoms with Gasteiger partial charge >= 0.3 is 0 Å². The summed E-state index contributed by atoms with van der Waals surface area (Å²) >= 11 is 5.74. The molecule has 0 atom stereocenters. The van der Waals surface area contributed by atoms with E-state index in [2.05, 4.69) is 15.9 Å². The highest BCUT2D eigenvalue weighted by molar-refractivity contribution is 6.30. The van der Waals surface area contributed by atoms with Gasteiger partial charge < -0.3 is 4.74 Å². The zero-order valence-electron chi connectivity index (χ0n) is 8.93. The maximum atomic E-state index is 5.74. The second kappa shape index (κ2) is 5.33. The van der Waals surface area contributed by atoms with E-state index in [0.29, 0.717) is 16.6 Å². The maximum Gasteiger partial charge on any atom is 0.162 e. The van der Waals surface area contributed by atoms with Crippen LogP contribution in [0.4, 0.5) is 0 Å². The zero-order chi connectivity index (χ0) is 12.1. The first-order valence-electron chi connectivity index (χ1n) is 4.94. The van der Waals surface area contributed by atoms with Crippen LogP contribution in [0.15, 0.2) is 36.7 Å². The number of hydrogen-bond acceptors (Lipinski definition) is 3. The fourth-order valence-corrected chi connectivity index (χ4v) is 1.45. The van der Waals surface area contributed by atoms with E-state index in [-0.39, 0.29) is 6.61 Å². The van der Waals surface area contributed by atoms with Crippen LogP contribution >= 0.6 is 11.6 Å². The molecule has 3 nitrogen and oxygen atoms in total. The van der Waals surface area contributed by atoms with Crippen molar-refractivity contribution >= 4 is 11.6 Å². The second-order valence-electron chi connectivity index (χ2n) is 3.21. The van der Waals surface area contributed by atoms with E-state index in [1.807, 2.05) is 24.3 Å². The molecule has 0 fully saturated rings. The molecule has 1 aromatic carbocycles. The van der Waals surface area contributed by atoms with E-state index in [0.717, 1.165) is 5.56 Å². The molecule has 0 aliphatic rings. The van der Waals surface area contributed by atoms with Crippen molar-refractivity contribution in [3.8, 4) is 29.5 Å². The van der Waals surface area contributed by atoms with E-state index in [1.54, 1.807) is 12.4 Å². The molecule has 17 heavy (non-hydrogen) atoms. The van der Waals surface area contributed by atoms with Crippen LogP contribution in [0.25, 0.3) is 11.4 Å². The van der Waals surface area contributed by atoms with Crippen molar-refractivity contribution < 1.29 is 4.74 Å². The molecule has 0 spiro atoms. The van der Waals surface area contributed by atoms with Gasteiger partial charge in [0.15, 0.2) is 5.82 Å². The Labute approximate surface area is 104 Å². The van der Waals surface area contributed by atoms with E-state index < -0.39 is 0 Å². The topological polar surface area (TPSA) is 35.0 Å². The summed E-state index contributed by atoms with van der Waals surface area (Å²) in [5, 5.41) is 0.496. The highest BCUT2D eigenvalue weighted by Crippen LogP contribution is 2.27. The van der Waals surface area contributed by atoms with Crippen molar-refractivity contribution in [3.63, 3.8) is 0 Å². The van der Waals surface area contributed by atoms with E-state index in [1.165, 1.54) is 0 Å². The minimum Gasteiger partial charge on any atom is -0.480 e. The molecule has 4 heteroatoms. The first-order chi connectivity index (χ1) is 8.31. The molecule has 0 N–H and O–H groups in total. The van der Waals surface area contributed by atoms with Gasteiger partial charge in [-0.3, -0.25) is 0 Å². The smallest absolute Gasteiger partial charge is 0.162 e. The van der Waals surface area contributed by atoms with E-state index in [4.69, 9.17) is 22.8 Å². The third-order valence-corrected chi connectivity index (χ3v) is 2.25. The van der Waals surface area contributed by atoms with Crippen LogP contribution in [0.5, 0.6) is 5.75 Å². The summed E-state index contributed by atoms with van der Waals surface area (Å²) in [6.45, 7) is 0.213. The first-order valence-corrected chi connectivity index (χ1v) is 5.32. The van der Waals surface area contributed by atoms with Crippen LogP contribution in [0.1, 0.15) is 0 Å². The number of ether oxygens (including phenoxy) is 1. The zero-order valence-corrected chi connectivity index (χ0v) is 9.69. The Kier molecular flexibility index (Phi) is 3.59. The molecule has 0 radical (unpaired) electrons. The summed E-state index contributed by atoms with van der Waals surface area (Å²) in [4.78, 5) is 8.29. The lowest BCUT2D eigenvalue weighted by Crippen LogP contribution is -1.97. The highest BCUT2D eigenvalue weighted by Gasteiger charge is 2.07. The normalized spacial score (nSPS) is 9.65. The largest absolute Gasteiger partial charge is 0.480 e. The van der Waals surface area contributed by atoms with Crippen LogP contribution in [0.2, 0.25) is 5.02 Å². The molecular weight excluding hydrogens is 236 g/mol. The number of hydrogen-bond donors (Lipinski definition) is 0. The molecule has 0 saturated heterocycles. The Morgan fingerprint density at radius 2 is 1.94 bits per heavy atom. The van der Waals surface area contributed by atoms with Crippen molar-refractivity contribution in [1.29, 1.82) is 0 Å². The Balaban J connectivity index is 2.37. The molecule has 1 heterocycles. The summed E-state index contributed by atoms with van der Waals surface area (Å²) in [5.74, 6) is 3.64. The third-order valence-electron chi connectivity index (χ3n) is 2.06. The van der Waals surface area contributed by atoms with Gasteiger partial charge in [-0.1, -0.05) is 29.7 Å². The van der Waals surface area contributed by atoms with Gasteiger partial charge in [-0.15, -0.1) is 6.42 Å². The number of rotatable bonds is 3. The number of aromatic nitrogens is 2. The first kappa shape index (κ1) is 11.4. The molecule has 0 aliphatic carbocycles. The van der Waals surface area contributed by atoms with Crippen molar-refractivity contribution in [1.82, 2.24) is 9.97 Å². The predicted molar refractivity (Wildman–Crippen MR) is 66.8 cm³/mol. The molecule has 2 aromatic rings. The monoisotopic (exact) mass is 244 g/mol. The van der Waals surface area contributed by atoms with Crippen molar-refractivity contribution in [2.45, 2.75) is 0 Å². The van der Waals surface area contributed by atoms with Crippen molar-refractivity contribution in [3.05, 3.63) is 41.7 Å². The molecule has 0 unspecified atom stereocenters. The Hall–Kier alpha value is -2.05. The van der Waals surface area contributed by atoms with Gasteiger partial charge in [0.05, 0.1) is 10.6 Å². The number of terminal acetylenes is 1. The molecule has 84 valence electrons. The van der Waals surface area contributed by atoms with Gasteiger partial charge in [0.1, 0.15) is 12.4 Å². The summed E-state index contributed by atoms with van der Waals surface area (Å²) < 4.78 is 5.42. The van der Waals surface area contributed by atoms with E-state index >= 15 is 0 Å². The predicted octanol–water partition coefficient (Wildman–Crippen LogP) is 2.81. The average molecular weight is 245 g/mol. The van der Waals surface area contributed by atoms with Crippen LogP contribution in [-0.2, 0) is 0 Å². The lowest BCUT2D eigenvalue weighted by Gasteiger charge is -2.07. The molecule has 0 bridgehead atoms. The average Bonchev–Trinajstić information content (AvgIpc) is 2.38. The summed E-state index contributed by atoms with van der Waals surface area (Å²) in [6.07, 6.45) is 8.25. The fraction of sp³-hybridized carbons (Fsp3) is 0.0769. The van der Waals surface area contributed by atoms with Gasteiger partial charge in [-0.2, -0.15) is 0 Å². The van der Waals surface area contributed by atoms with Crippen LogP contribution in [-0.4, -0.2) is 16.6 Å². The maximum absolute atomic E-state index is 5.74. The minimum absolute atomic E-state index is 0.213. The van der Waals surface area contributed by atoms with Crippen LogP contribution < -0.4 is 4.74 Å². The summed E-state index contributed by atoms with van der Waals surface area (Å²) in [6, 6.07) is 7.45. The number of halogens is 1. The Bertz CT molecular complexity index is 546. The lowest BCUT2D eigenvalue weighted by atomic mass is 10.2. The Morgan fingerprint density at radius 1 is 1.24 bits per heavy atom. The molecular formula is C13H9ClN2O. The fourth-order valence-electron chi connectivity index (χ4n) is 1.35. The summed E-state index contributed by atoms with van der Waals surface area (Å²) in [5.41, 5.74) is 0.791. The minimum atomic E-state index is 0.213. The van der Waals surface area contributed by atoms with Gasteiger partial charge in [-0.25, -0.2) is 9.97 Å². The molecule has 2 rings (SSSR count). The van der Waals surface area contributed by atoms with Crippen LogP contribution in [0, 0.1) is 12.3 Å². The number of benzene rings is 1. The number of para-hydroxylation sites is 1. The molecule has 1 aromatic heterocycles. The second-order valence-corrected chi connectivity index (χ2v) is 3.65. The van der Waals surface area contributed by atoms with Gasteiger partial charge in [0, 0.05) is 12.4 Å². The molecule has 0 aliphatic heterocycles. The van der Waals surface area contributed by atoms with Gasteiger partial charge in [-0.05, 0) is 12.1 Å². The molecule has 0 saturated carbocycles. The third kappa shape index (κ3) is 2.74. The van der Waals surface area contributed by atoms with Gasteiger partial charge in [0.25, 0.3) is 0 Å². The van der Waals surface area contributed by atoms with Crippen molar-refractivity contribution in [2.24, 2.45) is 0 Å². The quantitative estimate of drug-likeness (QED) is 0.779. The number of nitrogens with zero attached hydrogens (tertiary/aromatic N) is 2.